The second kappa shape index (κ2) is 4.99. The Labute approximate surface area is 108 Å². The third-order valence-electron chi connectivity index (χ3n) is 2.86. The van der Waals surface area contributed by atoms with Gasteiger partial charge >= 0.3 is 0 Å². The minimum atomic E-state index is -3.27. The van der Waals surface area contributed by atoms with E-state index in [0.29, 0.717) is 0 Å². The Kier molecular flexibility index (Phi) is 4.19. The Morgan fingerprint density at radius 2 is 1.44 bits per heavy atom. The van der Waals surface area contributed by atoms with Gasteiger partial charge in [-0.05, 0) is 24.6 Å². The number of sulfone groups is 1. The van der Waals surface area contributed by atoms with Crippen LogP contribution in [0.5, 0.6) is 0 Å². The van der Waals surface area contributed by atoms with Crippen molar-refractivity contribution < 1.29 is 16.8 Å². The topological polar surface area (TPSA) is 71.5 Å². The summed E-state index contributed by atoms with van der Waals surface area (Å²) in [7, 11) is -5.01. The molecule has 1 rings (SSSR count). The normalized spacial score (nSPS) is 14.7. The molecule has 18 heavy (non-hydrogen) atoms. The number of sulfonamides is 1. The molecule has 0 aliphatic rings. The second-order valence-corrected chi connectivity index (χ2v) is 8.35. The third kappa shape index (κ3) is 3.54. The monoisotopic (exact) mass is 291 g/mol. The average molecular weight is 291 g/mol. The lowest BCUT2D eigenvalue weighted by molar-refractivity contribution is 0.402. The Balaban J connectivity index is 3.07. The smallest absolute Gasteiger partial charge is 0.211 e. The standard InChI is InChI=1S/C11H17NO4S2/c1-9(12(2)18(4,15)16)10-5-7-11(8-6-10)17(3,13)14/h5-9H,1-4H3/t9-/m0/s1. The van der Waals surface area contributed by atoms with Crippen molar-refractivity contribution in [2.45, 2.75) is 17.9 Å². The highest BCUT2D eigenvalue weighted by atomic mass is 32.2. The lowest BCUT2D eigenvalue weighted by Crippen LogP contribution is -2.28. The van der Waals surface area contributed by atoms with Crippen molar-refractivity contribution in [3.63, 3.8) is 0 Å². The van der Waals surface area contributed by atoms with Crippen molar-refractivity contribution in [1.29, 1.82) is 0 Å². The van der Waals surface area contributed by atoms with Crippen LogP contribution in [0.1, 0.15) is 18.5 Å². The maximum Gasteiger partial charge on any atom is 0.211 e. The molecular weight excluding hydrogens is 274 g/mol. The minimum Gasteiger partial charge on any atom is -0.224 e. The zero-order valence-electron chi connectivity index (χ0n) is 10.8. The highest BCUT2D eigenvalue weighted by Crippen LogP contribution is 2.22. The van der Waals surface area contributed by atoms with Crippen molar-refractivity contribution in [3.05, 3.63) is 29.8 Å². The van der Waals surface area contributed by atoms with Crippen LogP contribution in [-0.2, 0) is 19.9 Å². The molecule has 5 nitrogen and oxygen atoms in total. The minimum absolute atomic E-state index is 0.223. The molecule has 0 bridgehead atoms. The van der Waals surface area contributed by atoms with E-state index in [9.17, 15) is 16.8 Å². The van der Waals surface area contributed by atoms with Gasteiger partial charge in [-0.2, -0.15) is 4.31 Å². The molecule has 7 heteroatoms. The maximum absolute atomic E-state index is 11.4. The van der Waals surface area contributed by atoms with E-state index in [0.717, 1.165) is 18.1 Å². The molecule has 0 N–H and O–H groups in total. The molecule has 0 spiro atoms. The summed E-state index contributed by atoms with van der Waals surface area (Å²) < 4.78 is 46.6. The van der Waals surface area contributed by atoms with Crippen molar-refractivity contribution in [1.82, 2.24) is 4.31 Å². The fourth-order valence-electron chi connectivity index (χ4n) is 1.49. The van der Waals surface area contributed by atoms with Gasteiger partial charge < -0.3 is 0 Å². The van der Waals surface area contributed by atoms with Crippen LogP contribution in [0.4, 0.5) is 0 Å². The van der Waals surface area contributed by atoms with Crippen LogP contribution in [0.2, 0.25) is 0 Å². The molecule has 102 valence electrons. The van der Waals surface area contributed by atoms with Crippen molar-refractivity contribution in [2.75, 3.05) is 19.6 Å². The summed E-state index contributed by atoms with van der Waals surface area (Å²) in [6.45, 7) is 1.75. The maximum atomic E-state index is 11.4. The van der Waals surface area contributed by atoms with Crippen LogP contribution in [0, 0.1) is 0 Å². The van der Waals surface area contributed by atoms with Crippen LogP contribution in [0.3, 0.4) is 0 Å². The molecule has 0 saturated carbocycles. The van der Waals surface area contributed by atoms with E-state index >= 15 is 0 Å². The first kappa shape index (κ1) is 15.1. The second-order valence-electron chi connectivity index (χ2n) is 4.30. The van der Waals surface area contributed by atoms with Crippen LogP contribution in [-0.4, -0.2) is 40.7 Å². The summed E-state index contributed by atoms with van der Waals surface area (Å²) in [5, 5.41) is 0. The number of hydrogen-bond donors (Lipinski definition) is 0. The molecule has 0 amide bonds. The Bertz CT molecular complexity index is 618. The van der Waals surface area contributed by atoms with Gasteiger partial charge in [0.2, 0.25) is 10.0 Å². The van der Waals surface area contributed by atoms with Gasteiger partial charge in [-0.25, -0.2) is 16.8 Å². The predicted molar refractivity (Wildman–Crippen MR) is 70.6 cm³/mol. The Morgan fingerprint density at radius 3 is 1.78 bits per heavy atom. The van der Waals surface area contributed by atoms with Gasteiger partial charge in [-0.15, -0.1) is 0 Å². The molecule has 0 saturated heterocycles. The summed E-state index contributed by atoms with van der Waals surface area (Å²) in [4.78, 5) is 0.223. The summed E-state index contributed by atoms with van der Waals surface area (Å²) in [6, 6.07) is 5.88. The van der Waals surface area contributed by atoms with Gasteiger partial charge in [-0.1, -0.05) is 12.1 Å². The highest BCUT2D eigenvalue weighted by Gasteiger charge is 2.20. The third-order valence-corrected chi connectivity index (χ3v) is 5.35. The summed E-state index contributed by atoms with van der Waals surface area (Å²) in [5.41, 5.74) is 0.746. The quantitative estimate of drug-likeness (QED) is 0.831. The number of hydrogen-bond acceptors (Lipinski definition) is 4. The van der Waals surface area contributed by atoms with E-state index in [1.807, 2.05) is 0 Å². The van der Waals surface area contributed by atoms with Crippen LogP contribution >= 0.6 is 0 Å². The van der Waals surface area contributed by atoms with Gasteiger partial charge in [0.25, 0.3) is 0 Å². The molecule has 0 unspecified atom stereocenters. The fourth-order valence-corrected chi connectivity index (χ4v) is 2.82. The first-order valence-electron chi connectivity index (χ1n) is 5.26. The van der Waals surface area contributed by atoms with Crippen LogP contribution in [0.15, 0.2) is 29.2 Å². The number of nitrogens with zero attached hydrogens (tertiary/aromatic N) is 1. The first-order chi connectivity index (χ1) is 8.03. The average Bonchev–Trinajstić information content (AvgIpc) is 2.25. The molecule has 0 aromatic heterocycles. The molecule has 0 heterocycles. The molecule has 1 aromatic carbocycles. The Hall–Kier alpha value is -0.920. The van der Waals surface area contributed by atoms with Crippen LogP contribution < -0.4 is 0 Å². The van der Waals surface area contributed by atoms with E-state index in [2.05, 4.69) is 0 Å². The molecule has 0 aliphatic heterocycles. The van der Waals surface area contributed by atoms with Crippen molar-refractivity contribution in [2.24, 2.45) is 0 Å². The SMILES string of the molecule is C[C@@H](c1ccc(S(C)(=O)=O)cc1)N(C)S(C)(=O)=O. The van der Waals surface area contributed by atoms with Crippen molar-refractivity contribution in [3.8, 4) is 0 Å². The lowest BCUT2D eigenvalue weighted by Gasteiger charge is -2.22. The fraction of sp³-hybridized carbons (Fsp3) is 0.455. The van der Waals surface area contributed by atoms with Crippen molar-refractivity contribution >= 4 is 19.9 Å². The predicted octanol–water partition coefficient (Wildman–Crippen LogP) is 1.04. The molecular formula is C11H17NO4S2. The molecule has 0 fully saturated rings. The largest absolute Gasteiger partial charge is 0.224 e. The lowest BCUT2D eigenvalue weighted by atomic mass is 10.1. The first-order valence-corrected chi connectivity index (χ1v) is 9.00. The van der Waals surface area contributed by atoms with Gasteiger partial charge in [0.1, 0.15) is 0 Å². The zero-order valence-corrected chi connectivity index (χ0v) is 12.4. The van der Waals surface area contributed by atoms with Gasteiger partial charge in [-0.3, -0.25) is 0 Å². The van der Waals surface area contributed by atoms with E-state index in [-0.39, 0.29) is 10.9 Å². The van der Waals surface area contributed by atoms with E-state index in [1.165, 1.54) is 23.5 Å². The van der Waals surface area contributed by atoms with E-state index in [1.54, 1.807) is 19.1 Å². The highest BCUT2D eigenvalue weighted by molar-refractivity contribution is 7.90. The Morgan fingerprint density at radius 1 is 1.00 bits per heavy atom. The summed E-state index contributed by atoms with van der Waals surface area (Å²) in [6.07, 6.45) is 2.27. The van der Waals surface area contributed by atoms with Gasteiger partial charge in [0, 0.05) is 19.3 Å². The van der Waals surface area contributed by atoms with E-state index < -0.39 is 19.9 Å². The summed E-state index contributed by atoms with van der Waals surface area (Å²) in [5.74, 6) is 0. The molecule has 1 atom stereocenters. The van der Waals surface area contributed by atoms with Crippen LogP contribution in [0.25, 0.3) is 0 Å². The molecule has 1 aromatic rings. The molecule has 0 aliphatic carbocycles. The number of benzene rings is 1. The van der Waals surface area contributed by atoms with Gasteiger partial charge in [0.05, 0.1) is 11.2 Å². The van der Waals surface area contributed by atoms with Gasteiger partial charge in [0.15, 0.2) is 9.84 Å². The van der Waals surface area contributed by atoms with E-state index in [4.69, 9.17) is 0 Å². The zero-order chi connectivity index (χ0) is 14.1. The summed E-state index contributed by atoms with van der Waals surface area (Å²) >= 11 is 0. The number of rotatable bonds is 4. The molecule has 0 radical (unpaired) electrons.